The molecule has 0 atom stereocenters. The molecule has 19 heavy (non-hydrogen) atoms. The number of hydrogen-bond donors (Lipinski definition) is 0. The molecule has 0 aromatic heterocycles. The Labute approximate surface area is 95.9 Å². The van der Waals surface area contributed by atoms with Crippen LogP contribution in [0.3, 0.4) is 0 Å². The molecule has 0 spiro atoms. The lowest BCUT2D eigenvalue weighted by atomic mass is 9.73. The first-order valence-corrected chi connectivity index (χ1v) is 4.10. The molecule has 0 saturated heterocycles. The van der Waals surface area contributed by atoms with Gasteiger partial charge >= 0.3 is 35.3 Å². The number of rotatable bonds is 1. The van der Waals surface area contributed by atoms with E-state index in [4.69, 9.17) is 0 Å². The van der Waals surface area contributed by atoms with Gasteiger partial charge in [-0.3, -0.25) is 4.79 Å². The van der Waals surface area contributed by atoms with Crippen LogP contribution in [-0.2, 0) is 4.79 Å². The Hall–Kier alpha value is -1.10. The van der Waals surface area contributed by atoms with Crippen LogP contribution in [0.5, 0.6) is 0 Å². The fraction of sp³-hybridized carbons (Fsp3) is 0.857. The van der Waals surface area contributed by atoms with Crippen LogP contribution in [0.25, 0.3) is 0 Å². The molecule has 0 aromatic rings. The molecule has 12 heteroatoms. The summed E-state index contributed by atoms with van der Waals surface area (Å²) in [5.41, 5.74) is -6.49. The van der Waals surface area contributed by atoms with Crippen LogP contribution in [0.4, 0.5) is 48.3 Å². The molecular formula is C7HF11O. The van der Waals surface area contributed by atoms with Crippen LogP contribution in [0.2, 0.25) is 0 Å². The minimum atomic E-state index is -7.27. The van der Waals surface area contributed by atoms with Gasteiger partial charge in [0.25, 0.3) is 0 Å². The number of halogens is 11. The number of aldehydes is 1. The minimum absolute atomic E-state index is 2.23. The average Bonchev–Trinajstić information content (AvgIpc) is 2.24. The second kappa shape index (κ2) is 3.32. The lowest BCUT2D eigenvalue weighted by Gasteiger charge is -2.50. The summed E-state index contributed by atoms with van der Waals surface area (Å²) in [6, 6.07) is 0. The molecule has 0 amide bonds. The van der Waals surface area contributed by atoms with Gasteiger partial charge in [0.2, 0.25) is 0 Å². The van der Waals surface area contributed by atoms with Crippen LogP contribution >= 0.6 is 0 Å². The molecule has 1 fully saturated rings. The van der Waals surface area contributed by atoms with Gasteiger partial charge < -0.3 is 0 Å². The van der Waals surface area contributed by atoms with Gasteiger partial charge in [-0.2, -0.15) is 43.9 Å². The lowest BCUT2D eigenvalue weighted by molar-refractivity contribution is -0.474. The topological polar surface area (TPSA) is 17.1 Å². The molecule has 0 aliphatic heterocycles. The maximum absolute atomic E-state index is 13.0. The van der Waals surface area contributed by atoms with Gasteiger partial charge in [-0.1, -0.05) is 0 Å². The second-order valence-corrected chi connectivity index (χ2v) is 3.70. The molecule has 1 saturated carbocycles. The number of hydrogen-bond acceptors (Lipinski definition) is 1. The lowest BCUT2D eigenvalue weighted by Crippen LogP contribution is -2.84. The predicted molar refractivity (Wildman–Crippen MR) is 34.6 cm³/mol. The predicted octanol–water partition coefficient (Wildman–Crippen LogP) is 3.08. The van der Waals surface area contributed by atoms with Gasteiger partial charge in [0.05, 0.1) is 0 Å². The Kier molecular flexibility index (Phi) is 2.78. The van der Waals surface area contributed by atoms with Crippen LogP contribution < -0.4 is 0 Å². The summed E-state index contributed by atoms with van der Waals surface area (Å²) in [7, 11) is 0. The minimum Gasteiger partial charge on any atom is -0.299 e. The smallest absolute Gasteiger partial charge is 0.299 e. The monoisotopic (exact) mass is 310 g/mol. The van der Waals surface area contributed by atoms with Crippen molar-refractivity contribution in [2.45, 2.75) is 35.3 Å². The first kappa shape index (κ1) is 16.0. The summed E-state index contributed by atoms with van der Waals surface area (Å²) in [5.74, 6) is -35.8. The van der Waals surface area contributed by atoms with Crippen LogP contribution in [0.15, 0.2) is 0 Å². The fourth-order valence-corrected chi connectivity index (χ4v) is 1.39. The van der Waals surface area contributed by atoms with Crippen molar-refractivity contribution in [1.29, 1.82) is 0 Å². The summed E-state index contributed by atoms with van der Waals surface area (Å²) in [5, 5.41) is 0. The zero-order valence-electron chi connectivity index (χ0n) is 8.14. The van der Waals surface area contributed by atoms with E-state index in [1.807, 2.05) is 0 Å². The number of carbonyl (C=O) groups excluding carboxylic acids is 1. The normalized spacial score (nSPS) is 32.6. The molecule has 1 nitrogen and oxygen atoms in total. The average molecular weight is 310 g/mol. The Balaban J connectivity index is 3.81. The SMILES string of the molecule is O=CC1(F)C(F)(F)C(F)(F)C(F)(F)C(F)(F)C1(F)F. The Morgan fingerprint density at radius 3 is 0.895 bits per heavy atom. The highest BCUT2D eigenvalue weighted by Crippen LogP contribution is 2.68. The van der Waals surface area contributed by atoms with E-state index in [-0.39, 0.29) is 0 Å². The highest BCUT2D eigenvalue weighted by atomic mass is 19.4. The maximum Gasteiger partial charge on any atom is 0.384 e. The number of alkyl halides is 11. The maximum atomic E-state index is 13.0. The van der Waals surface area contributed by atoms with Crippen molar-refractivity contribution in [3.8, 4) is 0 Å². The molecule has 112 valence electrons. The molecule has 0 bridgehead atoms. The first-order valence-electron chi connectivity index (χ1n) is 4.10. The quantitative estimate of drug-likeness (QED) is 0.537. The largest absolute Gasteiger partial charge is 0.384 e. The highest BCUT2D eigenvalue weighted by Gasteiger charge is 3.01. The molecular weight excluding hydrogens is 309 g/mol. The molecule has 0 heterocycles. The van der Waals surface area contributed by atoms with Crippen LogP contribution in [-0.4, -0.2) is 41.6 Å². The third kappa shape index (κ3) is 1.20. The molecule has 0 unspecified atom stereocenters. The summed E-state index contributed by atoms with van der Waals surface area (Å²) in [6.45, 7) is 0. The summed E-state index contributed by atoms with van der Waals surface area (Å²) < 4.78 is 139. The van der Waals surface area contributed by atoms with Crippen molar-refractivity contribution in [3.63, 3.8) is 0 Å². The van der Waals surface area contributed by atoms with E-state index >= 15 is 0 Å². The molecule has 0 N–H and O–H groups in total. The van der Waals surface area contributed by atoms with E-state index in [0.717, 1.165) is 0 Å². The summed E-state index contributed by atoms with van der Waals surface area (Å²) in [4.78, 5) is 9.85. The Bertz CT molecular complexity index is 381. The third-order valence-electron chi connectivity index (χ3n) is 2.65. The zero-order valence-corrected chi connectivity index (χ0v) is 8.14. The Morgan fingerprint density at radius 1 is 0.474 bits per heavy atom. The van der Waals surface area contributed by atoms with Crippen molar-refractivity contribution < 1.29 is 53.1 Å². The van der Waals surface area contributed by atoms with E-state index in [0.29, 0.717) is 0 Å². The van der Waals surface area contributed by atoms with Crippen molar-refractivity contribution in [1.82, 2.24) is 0 Å². The molecule has 1 rings (SSSR count). The van der Waals surface area contributed by atoms with Crippen molar-refractivity contribution in [3.05, 3.63) is 0 Å². The third-order valence-corrected chi connectivity index (χ3v) is 2.65. The van der Waals surface area contributed by atoms with E-state index in [9.17, 15) is 53.1 Å². The molecule has 1 aliphatic carbocycles. The molecule has 0 radical (unpaired) electrons. The fourth-order valence-electron chi connectivity index (χ4n) is 1.39. The van der Waals surface area contributed by atoms with Gasteiger partial charge in [-0.15, -0.1) is 0 Å². The van der Waals surface area contributed by atoms with Crippen molar-refractivity contribution in [2.24, 2.45) is 0 Å². The molecule has 1 aliphatic rings. The van der Waals surface area contributed by atoms with Crippen molar-refractivity contribution >= 4 is 6.29 Å². The first-order chi connectivity index (χ1) is 8.06. The van der Waals surface area contributed by atoms with E-state index < -0.39 is 41.6 Å². The summed E-state index contributed by atoms with van der Waals surface area (Å²) in [6.07, 6.45) is -2.23. The van der Waals surface area contributed by atoms with Gasteiger partial charge in [0, 0.05) is 0 Å². The van der Waals surface area contributed by atoms with Crippen LogP contribution in [0.1, 0.15) is 0 Å². The van der Waals surface area contributed by atoms with Crippen LogP contribution in [0, 0.1) is 0 Å². The number of carbonyl (C=O) groups is 1. The second-order valence-electron chi connectivity index (χ2n) is 3.70. The van der Waals surface area contributed by atoms with Crippen molar-refractivity contribution in [2.75, 3.05) is 0 Å². The van der Waals surface area contributed by atoms with E-state index in [1.165, 1.54) is 0 Å². The zero-order chi connectivity index (χ0) is 15.7. The Morgan fingerprint density at radius 2 is 0.684 bits per heavy atom. The highest BCUT2D eigenvalue weighted by molar-refractivity contribution is 5.69. The van der Waals surface area contributed by atoms with E-state index in [2.05, 4.69) is 0 Å². The summed E-state index contributed by atoms with van der Waals surface area (Å²) >= 11 is 0. The van der Waals surface area contributed by atoms with Gasteiger partial charge in [0.15, 0.2) is 6.29 Å². The van der Waals surface area contributed by atoms with Gasteiger partial charge in [-0.05, 0) is 0 Å². The standard InChI is InChI=1S/C7HF11O/c8-2(1-19)3(9,10)5(13,14)7(17,18)6(15,16)4(2,11)12/h1H. The van der Waals surface area contributed by atoms with Gasteiger partial charge in [-0.25, -0.2) is 4.39 Å². The van der Waals surface area contributed by atoms with Gasteiger partial charge in [0.1, 0.15) is 0 Å². The molecule has 0 aromatic carbocycles. The van der Waals surface area contributed by atoms with E-state index in [1.54, 1.807) is 0 Å².